The number of hydrogen-bond acceptors (Lipinski definition) is 6. The molecule has 150 valence electrons. The van der Waals surface area contributed by atoms with Crippen molar-refractivity contribution in [2.45, 2.75) is 15.4 Å². The van der Waals surface area contributed by atoms with Gasteiger partial charge >= 0.3 is 0 Å². The first-order valence-electron chi connectivity index (χ1n) is 9.06. The average Bonchev–Trinajstić information content (AvgIpc) is 2.77. The van der Waals surface area contributed by atoms with Gasteiger partial charge in [-0.1, -0.05) is 30.0 Å². The fourth-order valence-corrected chi connectivity index (χ4v) is 5.18. The maximum atomic E-state index is 12.6. The highest BCUT2D eigenvalue weighted by molar-refractivity contribution is 7.99. The van der Waals surface area contributed by atoms with Gasteiger partial charge < -0.3 is 24.1 Å². The van der Waals surface area contributed by atoms with Crippen molar-refractivity contribution in [3.63, 3.8) is 0 Å². The van der Waals surface area contributed by atoms with Crippen LogP contribution >= 0.6 is 11.8 Å². The van der Waals surface area contributed by atoms with Crippen LogP contribution in [0.25, 0.3) is 0 Å². The molecule has 0 aromatic heterocycles. The topological polar surface area (TPSA) is 57.2 Å². The Labute approximate surface area is 174 Å². The molecule has 0 unspecified atom stereocenters. The maximum Gasteiger partial charge on any atom is 0.157 e. The van der Waals surface area contributed by atoms with Crippen LogP contribution in [0.5, 0.6) is 23.0 Å². The monoisotopic (exact) mass is 410 g/mol. The third-order valence-electron chi connectivity index (χ3n) is 5.15. The Bertz CT molecular complexity index is 987. The van der Waals surface area contributed by atoms with Gasteiger partial charge in [0.05, 0.1) is 34.0 Å². The number of fused-ring (bicyclic) bond motifs is 2. The predicted octanol–water partition coefficient (Wildman–Crippen LogP) is 4.47. The van der Waals surface area contributed by atoms with E-state index in [9.17, 15) is 5.11 Å². The van der Waals surface area contributed by atoms with E-state index >= 15 is 0 Å². The predicted molar refractivity (Wildman–Crippen MR) is 112 cm³/mol. The summed E-state index contributed by atoms with van der Waals surface area (Å²) in [5.74, 6) is 2.16. The van der Waals surface area contributed by atoms with E-state index < -0.39 is 5.60 Å². The van der Waals surface area contributed by atoms with Gasteiger partial charge in [0, 0.05) is 20.9 Å². The molecule has 5 nitrogen and oxygen atoms in total. The van der Waals surface area contributed by atoms with Crippen LogP contribution in [0.2, 0.25) is 0 Å². The second-order valence-corrected chi connectivity index (χ2v) is 7.60. The molecular weight excluding hydrogens is 388 g/mol. The van der Waals surface area contributed by atoms with E-state index in [0.29, 0.717) is 39.7 Å². The van der Waals surface area contributed by atoms with Crippen molar-refractivity contribution in [3.8, 4) is 23.0 Å². The summed E-state index contributed by atoms with van der Waals surface area (Å²) in [5.41, 5.74) is 0.147. The van der Waals surface area contributed by atoms with Gasteiger partial charge in [0.2, 0.25) is 0 Å². The minimum absolute atomic E-state index is 0.502. The molecule has 0 spiro atoms. The Morgan fingerprint density at radius 1 is 0.586 bits per heavy atom. The van der Waals surface area contributed by atoms with E-state index in [0.717, 1.165) is 9.79 Å². The Morgan fingerprint density at radius 3 is 1.31 bits per heavy atom. The third-order valence-corrected chi connectivity index (χ3v) is 6.27. The van der Waals surface area contributed by atoms with Gasteiger partial charge in [0.15, 0.2) is 5.60 Å². The lowest BCUT2D eigenvalue weighted by atomic mass is 9.78. The number of hydrogen-bond donors (Lipinski definition) is 1. The van der Waals surface area contributed by atoms with Crippen LogP contribution in [0.1, 0.15) is 16.7 Å². The van der Waals surface area contributed by atoms with Crippen molar-refractivity contribution in [1.82, 2.24) is 0 Å². The minimum atomic E-state index is -1.62. The van der Waals surface area contributed by atoms with E-state index in [-0.39, 0.29) is 0 Å². The molecular formula is C23H22O5S. The summed E-state index contributed by atoms with van der Waals surface area (Å²) in [7, 11) is 6.34. The molecule has 0 saturated heterocycles. The van der Waals surface area contributed by atoms with Crippen molar-refractivity contribution in [2.24, 2.45) is 0 Å². The maximum absolute atomic E-state index is 12.6. The Morgan fingerprint density at radius 2 is 0.931 bits per heavy atom. The zero-order valence-corrected chi connectivity index (χ0v) is 17.5. The fraction of sp³-hybridized carbons (Fsp3) is 0.217. The highest BCUT2D eigenvalue weighted by Gasteiger charge is 2.48. The number of rotatable bonds is 5. The molecule has 0 atom stereocenters. The summed E-state index contributed by atoms with van der Waals surface area (Å²) in [6.07, 6.45) is 0. The van der Waals surface area contributed by atoms with Crippen LogP contribution in [0.3, 0.4) is 0 Å². The van der Waals surface area contributed by atoms with Crippen LogP contribution in [0, 0.1) is 0 Å². The highest BCUT2D eigenvalue weighted by Crippen LogP contribution is 2.59. The molecule has 0 amide bonds. The van der Waals surface area contributed by atoms with E-state index in [1.807, 2.05) is 54.6 Å². The largest absolute Gasteiger partial charge is 0.496 e. The average molecular weight is 410 g/mol. The Hall–Kier alpha value is -2.83. The normalized spacial score (nSPS) is 13.8. The molecule has 1 aliphatic heterocycles. The first kappa shape index (κ1) is 19.5. The third kappa shape index (κ3) is 2.82. The molecule has 0 fully saturated rings. The van der Waals surface area contributed by atoms with Crippen LogP contribution in [-0.4, -0.2) is 33.5 Å². The van der Waals surface area contributed by atoms with E-state index in [1.165, 1.54) is 0 Å². The smallest absolute Gasteiger partial charge is 0.157 e. The SMILES string of the molecule is COc1cccc(OC)c1C1(O)c2c(OC)cccc2Sc2cccc(OC)c21. The van der Waals surface area contributed by atoms with Crippen molar-refractivity contribution in [3.05, 3.63) is 71.3 Å². The van der Waals surface area contributed by atoms with Gasteiger partial charge in [-0.05, 0) is 36.4 Å². The molecule has 0 aliphatic carbocycles. The molecule has 1 heterocycles. The van der Waals surface area contributed by atoms with Crippen molar-refractivity contribution in [2.75, 3.05) is 28.4 Å². The summed E-state index contributed by atoms with van der Waals surface area (Å²) >= 11 is 1.56. The molecule has 6 heteroatoms. The van der Waals surface area contributed by atoms with Gasteiger partial charge in [0.1, 0.15) is 23.0 Å². The number of benzene rings is 3. The van der Waals surface area contributed by atoms with Crippen molar-refractivity contribution >= 4 is 11.8 Å². The van der Waals surface area contributed by atoms with Gasteiger partial charge in [-0.2, -0.15) is 0 Å². The van der Waals surface area contributed by atoms with Gasteiger partial charge in [-0.3, -0.25) is 0 Å². The molecule has 4 rings (SSSR count). The summed E-state index contributed by atoms with van der Waals surface area (Å²) in [4.78, 5) is 1.78. The van der Waals surface area contributed by atoms with Crippen molar-refractivity contribution in [1.29, 1.82) is 0 Å². The lowest BCUT2D eigenvalue weighted by Crippen LogP contribution is -2.34. The zero-order chi connectivity index (χ0) is 20.6. The Kier molecular flexibility index (Phi) is 5.06. The summed E-state index contributed by atoms with van der Waals surface area (Å²) < 4.78 is 22.6. The first-order chi connectivity index (χ1) is 14.1. The summed E-state index contributed by atoms with van der Waals surface area (Å²) in [6.45, 7) is 0. The lowest BCUT2D eigenvalue weighted by Gasteiger charge is -2.39. The second-order valence-electron chi connectivity index (χ2n) is 6.52. The lowest BCUT2D eigenvalue weighted by molar-refractivity contribution is 0.104. The molecule has 0 saturated carbocycles. The molecule has 1 N–H and O–H groups in total. The number of ether oxygens (including phenoxy) is 4. The zero-order valence-electron chi connectivity index (χ0n) is 16.7. The van der Waals surface area contributed by atoms with Crippen LogP contribution < -0.4 is 18.9 Å². The quantitative estimate of drug-likeness (QED) is 0.670. The van der Waals surface area contributed by atoms with Crippen LogP contribution in [0.15, 0.2) is 64.4 Å². The van der Waals surface area contributed by atoms with E-state index in [2.05, 4.69) is 0 Å². The molecule has 3 aromatic carbocycles. The van der Waals surface area contributed by atoms with Crippen LogP contribution in [0.4, 0.5) is 0 Å². The Balaban J connectivity index is 2.19. The number of aliphatic hydroxyl groups is 1. The first-order valence-corrected chi connectivity index (χ1v) is 9.88. The second kappa shape index (κ2) is 7.54. The molecule has 3 aromatic rings. The summed E-state index contributed by atoms with van der Waals surface area (Å²) in [5, 5.41) is 12.6. The molecule has 1 aliphatic rings. The minimum Gasteiger partial charge on any atom is -0.496 e. The molecule has 0 radical (unpaired) electrons. The van der Waals surface area contributed by atoms with Gasteiger partial charge in [-0.25, -0.2) is 0 Å². The summed E-state index contributed by atoms with van der Waals surface area (Å²) in [6, 6.07) is 16.9. The molecule has 29 heavy (non-hydrogen) atoms. The molecule has 0 bridgehead atoms. The highest BCUT2D eigenvalue weighted by atomic mass is 32.2. The van der Waals surface area contributed by atoms with E-state index in [1.54, 1.807) is 40.2 Å². The van der Waals surface area contributed by atoms with Gasteiger partial charge in [-0.15, -0.1) is 0 Å². The van der Waals surface area contributed by atoms with Crippen molar-refractivity contribution < 1.29 is 24.1 Å². The van der Waals surface area contributed by atoms with E-state index in [4.69, 9.17) is 18.9 Å². The van der Waals surface area contributed by atoms with Crippen LogP contribution in [-0.2, 0) is 5.60 Å². The standard InChI is InChI=1S/C23H22O5S/c1-25-14-8-5-9-15(26-2)20(14)23(24)21-16(27-3)10-6-12-18(21)29-19-13-7-11-17(28-4)22(19)23/h5-13,24H,1-4H3. The van der Waals surface area contributed by atoms with Gasteiger partial charge in [0.25, 0.3) is 0 Å². The number of methoxy groups -OCH3 is 4. The fourth-order valence-electron chi connectivity index (χ4n) is 3.95.